The molecule has 3 aromatic heterocycles. The van der Waals surface area contributed by atoms with Crippen molar-refractivity contribution in [1.29, 1.82) is 0 Å². The minimum Gasteiger partial charge on any atom is -0.353 e. The van der Waals surface area contributed by atoms with Gasteiger partial charge in [0.1, 0.15) is 0 Å². The molecule has 0 unspecified atom stereocenters. The summed E-state index contributed by atoms with van der Waals surface area (Å²) in [6, 6.07) is 43.7. The van der Waals surface area contributed by atoms with Crippen molar-refractivity contribution in [3.8, 4) is 22.3 Å². The molecular formula is C60H64N6. The van der Waals surface area contributed by atoms with Crippen LogP contribution >= 0.6 is 0 Å². The van der Waals surface area contributed by atoms with Crippen LogP contribution in [0.2, 0.25) is 0 Å². The van der Waals surface area contributed by atoms with Gasteiger partial charge in [-0.1, -0.05) is 156 Å². The topological polar surface area (TPSA) is 81.4 Å². The van der Waals surface area contributed by atoms with E-state index in [1.807, 2.05) is 0 Å². The Labute approximate surface area is 391 Å². The highest BCUT2D eigenvalue weighted by Gasteiger charge is 2.24. The minimum atomic E-state index is -0.0494. The van der Waals surface area contributed by atoms with Crippen molar-refractivity contribution in [2.24, 2.45) is 0 Å². The second kappa shape index (κ2) is 16.5. The van der Waals surface area contributed by atoms with Crippen LogP contribution in [0.3, 0.4) is 0 Å². The van der Waals surface area contributed by atoms with Crippen LogP contribution in [0.5, 0.6) is 0 Å². The molecule has 0 saturated heterocycles. The number of H-pyrrole nitrogens is 2. The zero-order chi connectivity index (χ0) is 46.8. The molecule has 334 valence electrons. The lowest BCUT2D eigenvalue weighted by atomic mass is 9.80. The molecule has 6 nitrogen and oxygen atoms in total. The maximum absolute atomic E-state index is 5.51. The molecule has 6 heteroatoms. The van der Waals surface area contributed by atoms with Gasteiger partial charge >= 0.3 is 0 Å². The summed E-state index contributed by atoms with van der Waals surface area (Å²) in [5, 5.41) is 7.87. The third kappa shape index (κ3) is 9.02. The van der Waals surface area contributed by atoms with Gasteiger partial charge in [-0.3, -0.25) is 0 Å². The first kappa shape index (κ1) is 44.3. The van der Waals surface area contributed by atoms with E-state index in [2.05, 4.69) is 249 Å². The average Bonchev–Trinajstić information content (AvgIpc) is 4.11. The highest BCUT2D eigenvalue weighted by Crippen LogP contribution is 2.40. The van der Waals surface area contributed by atoms with E-state index in [-0.39, 0.29) is 21.7 Å². The first-order chi connectivity index (χ1) is 31.2. The molecule has 8 bridgehead atoms. The number of nitrogens with zero attached hydrogens (tertiary/aromatic N) is 2. The third-order valence-corrected chi connectivity index (χ3v) is 12.7. The number of nitrogens with one attached hydrogen (secondary N) is 4. The minimum absolute atomic E-state index is 0.0494. The molecule has 0 aliphatic carbocycles. The number of aromatic amines is 2. The van der Waals surface area contributed by atoms with Gasteiger partial charge in [0.25, 0.3) is 0 Å². The van der Waals surface area contributed by atoms with Crippen molar-refractivity contribution < 1.29 is 0 Å². The van der Waals surface area contributed by atoms with Crippen LogP contribution in [-0.2, 0) is 21.7 Å². The van der Waals surface area contributed by atoms with Crippen molar-refractivity contribution in [3.05, 3.63) is 166 Å². The predicted molar refractivity (Wildman–Crippen MR) is 284 cm³/mol. The molecule has 0 radical (unpaired) electrons. The predicted octanol–water partition coefficient (Wildman–Crippen LogP) is 16.7. The van der Waals surface area contributed by atoms with Crippen LogP contribution in [0.4, 0.5) is 22.7 Å². The van der Waals surface area contributed by atoms with Crippen LogP contribution in [0, 0.1) is 0 Å². The first-order valence-electron chi connectivity index (χ1n) is 23.3. The zero-order valence-corrected chi connectivity index (χ0v) is 40.8. The van der Waals surface area contributed by atoms with Gasteiger partial charge in [0.2, 0.25) is 0 Å². The maximum Gasteiger partial charge on any atom is 0.0894 e. The van der Waals surface area contributed by atoms with E-state index in [0.29, 0.717) is 0 Å². The molecule has 9 rings (SSSR count). The SMILES string of the molecule is CC(C)(C)c1cc(Nc2c3nc(c(-c4ccccc4)c4ccc([nH]4)c(Nc4cc(C(C)(C)C)cc(C(C)(C)C)c4)c4nc(c(-c5ccccc5)c5ccc2[nH]5)C=C4)C=C3)cc(C(C)(C)C)c1. The van der Waals surface area contributed by atoms with E-state index < -0.39 is 0 Å². The van der Waals surface area contributed by atoms with Gasteiger partial charge in [0.05, 0.1) is 45.2 Å². The molecule has 4 N–H and O–H groups in total. The molecule has 5 heterocycles. The lowest BCUT2D eigenvalue weighted by Crippen LogP contribution is -2.16. The monoisotopic (exact) mass is 869 g/mol. The van der Waals surface area contributed by atoms with Gasteiger partial charge in [-0.25, -0.2) is 9.97 Å². The number of anilines is 4. The Bertz CT molecular complexity index is 2920. The molecule has 0 spiro atoms. The van der Waals surface area contributed by atoms with Gasteiger partial charge in [0, 0.05) is 33.5 Å². The van der Waals surface area contributed by atoms with E-state index in [0.717, 1.165) is 89.8 Å². The molecule has 2 aliphatic rings. The third-order valence-electron chi connectivity index (χ3n) is 12.7. The van der Waals surface area contributed by atoms with Gasteiger partial charge in [-0.2, -0.15) is 0 Å². The standard InChI is InChI=1S/C60H64N6/c1-57(2,3)39-31-40(58(4,5)6)34-43(33-39)61-55-49-27-23-45(63-49)53(37-19-15-13-16-20-37)47-25-29-51(65-47)56(62-44-35-41(59(7,8)9)32-42(36-44)60(10,11)12)52-30-26-48(66-52)54(38-21-17-14-18-22-38)46-24-28-50(55)64-46/h13-36,61-63,66H,1-12H3. The van der Waals surface area contributed by atoms with Crippen LogP contribution in [0.25, 0.3) is 68.6 Å². The normalized spacial score (nSPS) is 13.0. The first-order valence-corrected chi connectivity index (χ1v) is 23.3. The summed E-state index contributed by atoms with van der Waals surface area (Å²) < 4.78 is 0. The lowest BCUT2D eigenvalue weighted by molar-refractivity contribution is 0.568. The Morgan fingerprint density at radius 3 is 0.970 bits per heavy atom. The smallest absolute Gasteiger partial charge is 0.0894 e. The van der Waals surface area contributed by atoms with E-state index in [4.69, 9.17) is 9.97 Å². The maximum atomic E-state index is 5.51. The number of benzene rings is 4. The molecule has 0 atom stereocenters. The van der Waals surface area contributed by atoms with Gasteiger partial charge in [0.15, 0.2) is 0 Å². The average molecular weight is 869 g/mol. The summed E-state index contributed by atoms with van der Waals surface area (Å²) in [5.74, 6) is 0. The fraction of sp³-hybridized carbons (Fsp3) is 0.267. The Balaban J connectivity index is 1.38. The Hall–Kier alpha value is -6.92. The van der Waals surface area contributed by atoms with Crippen LogP contribution in [0.1, 0.15) is 128 Å². The highest BCUT2D eigenvalue weighted by atomic mass is 15.0. The second-order valence-corrected chi connectivity index (χ2v) is 22.1. The van der Waals surface area contributed by atoms with E-state index >= 15 is 0 Å². The molecule has 7 aromatic rings. The van der Waals surface area contributed by atoms with Crippen molar-refractivity contribution in [3.63, 3.8) is 0 Å². The van der Waals surface area contributed by atoms with Gasteiger partial charge in [-0.05, 0) is 128 Å². The van der Waals surface area contributed by atoms with Gasteiger partial charge < -0.3 is 20.6 Å². The van der Waals surface area contributed by atoms with Crippen LogP contribution < -0.4 is 10.6 Å². The molecular weight excluding hydrogens is 805 g/mol. The number of aromatic nitrogens is 4. The number of fused-ring (bicyclic) bond motifs is 8. The quantitative estimate of drug-likeness (QED) is 0.134. The zero-order valence-electron chi connectivity index (χ0n) is 40.8. The Kier molecular flexibility index (Phi) is 11.1. The summed E-state index contributed by atoms with van der Waals surface area (Å²) in [7, 11) is 0. The highest BCUT2D eigenvalue weighted by molar-refractivity contribution is 5.99. The Morgan fingerprint density at radius 1 is 0.348 bits per heavy atom. The summed E-state index contributed by atoms with van der Waals surface area (Å²) in [6.45, 7) is 27.3. The van der Waals surface area contributed by atoms with Crippen molar-refractivity contribution in [1.82, 2.24) is 19.9 Å². The summed E-state index contributed by atoms with van der Waals surface area (Å²) >= 11 is 0. The fourth-order valence-electron chi connectivity index (χ4n) is 8.71. The number of rotatable bonds is 6. The molecule has 0 amide bonds. The molecule has 0 saturated carbocycles. The number of hydrogen-bond acceptors (Lipinski definition) is 4. The lowest BCUT2D eigenvalue weighted by Gasteiger charge is -2.26. The van der Waals surface area contributed by atoms with Gasteiger partial charge in [-0.15, -0.1) is 0 Å². The van der Waals surface area contributed by atoms with Crippen LogP contribution in [0.15, 0.2) is 121 Å². The van der Waals surface area contributed by atoms with E-state index in [9.17, 15) is 0 Å². The molecule has 2 aliphatic heterocycles. The molecule has 4 aromatic carbocycles. The Morgan fingerprint density at radius 2 is 0.652 bits per heavy atom. The van der Waals surface area contributed by atoms with Crippen LogP contribution in [-0.4, -0.2) is 19.9 Å². The van der Waals surface area contributed by atoms with Crippen molar-refractivity contribution in [2.75, 3.05) is 10.6 Å². The van der Waals surface area contributed by atoms with E-state index in [1.54, 1.807) is 0 Å². The second-order valence-electron chi connectivity index (χ2n) is 22.1. The summed E-state index contributed by atoms with van der Waals surface area (Å²) in [4.78, 5) is 18.8. The van der Waals surface area contributed by atoms with Crippen molar-refractivity contribution >= 4 is 69.1 Å². The summed E-state index contributed by atoms with van der Waals surface area (Å²) in [6.07, 6.45) is 8.58. The van der Waals surface area contributed by atoms with E-state index in [1.165, 1.54) is 22.3 Å². The largest absolute Gasteiger partial charge is 0.353 e. The molecule has 0 fully saturated rings. The molecule has 66 heavy (non-hydrogen) atoms. The number of hydrogen-bond donors (Lipinski definition) is 4. The fourth-order valence-corrected chi connectivity index (χ4v) is 8.71. The van der Waals surface area contributed by atoms with Crippen molar-refractivity contribution in [2.45, 2.75) is 105 Å². The summed E-state index contributed by atoms with van der Waals surface area (Å²) in [5.41, 5.74) is 20.0.